The van der Waals surface area contributed by atoms with Crippen molar-refractivity contribution in [1.82, 2.24) is 0 Å². The average molecular weight is 1050 g/mol. The fourth-order valence-electron chi connectivity index (χ4n) is 8.04. The van der Waals surface area contributed by atoms with Crippen LogP contribution in [0.1, 0.15) is 258 Å². The van der Waals surface area contributed by atoms with Crippen LogP contribution in [0.3, 0.4) is 0 Å². The maximum Gasteiger partial charge on any atom is 0.306 e. The SMILES string of the molecule is CC/C=C\C/C=C\C/C=C\C/C=C\C/C=C\C/C=C\C/C=C\C/C=C\C/C=C\CCCCCC(=O)OCC(COC(=O)CCCCCCCCCCCC)OC(=O)CCCCCCCCC/C=C\C/C=C\C/C=C\CC. The number of ether oxygens (including phenoxy) is 3. The zero-order chi connectivity index (χ0) is 55.0. The highest BCUT2D eigenvalue weighted by Crippen LogP contribution is 2.14. The lowest BCUT2D eigenvalue weighted by Gasteiger charge is -2.18. The van der Waals surface area contributed by atoms with E-state index < -0.39 is 6.10 Å². The molecule has 0 bridgehead atoms. The Hall–Kier alpha value is -4.71. The van der Waals surface area contributed by atoms with Crippen LogP contribution in [-0.2, 0) is 28.6 Å². The Bertz CT molecular complexity index is 1680. The van der Waals surface area contributed by atoms with E-state index in [2.05, 4.69) is 167 Å². The van der Waals surface area contributed by atoms with E-state index >= 15 is 0 Å². The molecular weight excluding hydrogens is 937 g/mol. The van der Waals surface area contributed by atoms with Gasteiger partial charge in [-0.25, -0.2) is 0 Å². The van der Waals surface area contributed by atoms with Gasteiger partial charge in [0.1, 0.15) is 13.2 Å². The van der Waals surface area contributed by atoms with Crippen molar-refractivity contribution in [2.45, 2.75) is 264 Å². The summed E-state index contributed by atoms with van der Waals surface area (Å²) in [6.45, 7) is 6.36. The topological polar surface area (TPSA) is 78.9 Å². The van der Waals surface area contributed by atoms with Crippen LogP contribution < -0.4 is 0 Å². The van der Waals surface area contributed by atoms with Crippen molar-refractivity contribution >= 4 is 17.9 Å². The van der Waals surface area contributed by atoms with Crippen LogP contribution in [0, 0.1) is 0 Å². The van der Waals surface area contributed by atoms with Gasteiger partial charge in [-0.3, -0.25) is 14.4 Å². The second-order valence-electron chi connectivity index (χ2n) is 19.9. The summed E-state index contributed by atoms with van der Waals surface area (Å²) in [5, 5.41) is 0. The smallest absolute Gasteiger partial charge is 0.306 e. The minimum absolute atomic E-state index is 0.0958. The lowest BCUT2D eigenvalue weighted by atomic mass is 10.1. The molecule has 6 nitrogen and oxygen atoms in total. The minimum atomic E-state index is -0.801. The van der Waals surface area contributed by atoms with E-state index in [1.165, 1.54) is 70.6 Å². The predicted octanol–water partition coefficient (Wildman–Crippen LogP) is 21.2. The van der Waals surface area contributed by atoms with E-state index in [-0.39, 0.29) is 31.1 Å². The summed E-state index contributed by atoms with van der Waals surface area (Å²) in [7, 11) is 0. The highest BCUT2D eigenvalue weighted by atomic mass is 16.6. The Morgan fingerprint density at radius 1 is 0.276 bits per heavy atom. The normalized spacial score (nSPS) is 13.1. The number of hydrogen-bond acceptors (Lipinski definition) is 6. The number of hydrogen-bond donors (Lipinski definition) is 0. The fraction of sp³-hybridized carbons (Fsp3) is 0.614. The molecule has 428 valence electrons. The van der Waals surface area contributed by atoms with E-state index in [9.17, 15) is 14.4 Å². The molecule has 0 heterocycles. The third-order valence-corrected chi connectivity index (χ3v) is 12.6. The second-order valence-corrected chi connectivity index (χ2v) is 19.9. The first-order valence-corrected chi connectivity index (χ1v) is 30.8. The van der Waals surface area contributed by atoms with E-state index in [1.54, 1.807) is 0 Å². The first kappa shape index (κ1) is 71.3. The molecule has 76 heavy (non-hydrogen) atoms. The summed E-state index contributed by atoms with van der Waals surface area (Å²) in [5.41, 5.74) is 0. The van der Waals surface area contributed by atoms with Crippen LogP contribution >= 0.6 is 0 Å². The molecule has 0 aliphatic heterocycles. The number of carbonyl (C=O) groups excluding carboxylic acids is 3. The van der Waals surface area contributed by atoms with Gasteiger partial charge >= 0.3 is 17.9 Å². The number of rotatable bonds is 54. The molecule has 0 saturated carbocycles. The average Bonchev–Trinajstić information content (AvgIpc) is 3.42. The Balaban J connectivity index is 4.35. The van der Waals surface area contributed by atoms with Gasteiger partial charge in [0.25, 0.3) is 0 Å². The molecule has 0 radical (unpaired) electrons. The van der Waals surface area contributed by atoms with Crippen molar-refractivity contribution in [2.24, 2.45) is 0 Å². The second kappa shape index (κ2) is 62.8. The molecule has 0 spiro atoms. The highest BCUT2D eigenvalue weighted by molar-refractivity contribution is 5.71. The summed E-state index contributed by atoms with van der Waals surface area (Å²) >= 11 is 0. The number of allylic oxidation sites excluding steroid dienone is 24. The van der Waals surface area contributed by atoms with Crippen LogP contribution in [0.5, 0.6) is 0 Å². The van der Waals surface area contributed by atoms with Crippen LogP contribution in [0.25, 0.3) is 0 Å². The molecule has 1 unspecified atom stereocenters. The number of esters is 3. The molecule has 0 fully saturated rings. The maximum absolute atomic E-state index is 12.9. The molecule has 0 saturated heterocycles. The summed E-state index contributed by atoms with van der Waals surface area (Å²) in [5.74, 6) is -0.945. The van der Waals surface area contributed by atoms with Gasteiger partial charge in [-0.15, -0.1) is 0 Å². The third-order valence-electron chi connectivity index (χ3n) is 12.6. The third kappa shape index (κ3) is 60.2. The van der Waals surface area contributed by atoms with Crippen molar-refractivity contribution in [2.75, 3.05) is 13.2 Å². The predicted molar refractivity (Wildman–Crippen MR) is 329 cm³/mol. The Morgan fingerprint density at radius 2 is 0.513 bits per heavy atom. The van der Waals surface area contributed by atoms with Crippen molar-refractivity contribution in [3.8, 4) is 0 Å². The van der Waals surface area contributed by atoms with Crippen LogP contribution in [0.4, 0.5) is 0 Å². The molecule has 0 aromatic rings. The van der Waals surface area contributed by atoms with Gasteiger partial charge in [-0.1, -0.05) is 263 Å². The van der Waals surface area contributed by atoms with Gasteiger partial charge in [-0.05, 0) is 122 Å². The molecular formula is C70H112O6. The van der Waals surface area contributed by atoms with Crippen molar-refractivity contribution < 1.29 is 28.6 Å². The van der Waals surface area contributed by atoms with Crippen molar-refractivity contribution in [3.05, 3.63) is 146 Å². The van der Waals surface area contributed by atoms with Gasteiger partial charge in [0, 0.05) is 19.3 Å². The first-order chi connectivity index (χ1) is 37.5. The number of carbonyl (C=O) groups is 3. The summed E-state index contributed by atoms with van der Waals surface area (Å²) < 4.78 is 16.8. The lowest BCUT2D eigenvalue weighted by Crippen LogP contribution is -2.30. The van der Waals surface area contributed by atoms with Crippen LogP contribution in [-0.4, -0.2) is 37.2 Å². The zero-order valence-electron chi connectivity index (χ0n) is 49.0. The van der Waals surface area contributed by atoms with Gasteiger partial charge in [0.05, 0.1) is 0 Å². The number of unbranched alkanes of at least 4 members (excludes halogenated alkanes) is 19. The van der Waals surface area contributed by atoms with E-state index in [0.717, 1.165) is 148 Å². The van der Waals surface area contributed by atoms with E-state index in [1.807, 2.05) is 0 Å². The monoisotopic (exact) mass is 1050 g/mol. The fourth-order valence-corrected chi connectivity index (χ4v) is 8.04. The van der Waals surface area contributed by atoms with Crippen LogP contribution in [0.2, 0.25) is 0 Å². The van der Waals surface area contributed by atoms with Gasteiger partial charge in [0.2, 0.25) is 0 Å². The molecule has 0 aromatic heterocycles. The molecule has 6 heteroatoms. The van der Waals surface area contributed by atoms with Gasteiger partial charge < -0.3 is 14.2 Å². The molecule has 0 N–H and O–H groups in total. The van der Waals surface area contributed by atoms with Gasteiger partial charge in [0.15, 0.2) is 6.10 Å². The van der Waals surface area contributed by atoms with Crippen molar-refractivity contribution in [1.29, 1.82) is 0 Å². The summed E-state index contributed by atoms with van der Waals surface area (Å²) in [6, 6.07) is 0. The Morgan fingerprint density at radius 3 is 0.816 bits per heavy atom. The van der Waals surface area contributed by atoms with Crippen molar-refractivity contribution in [3.63, 3.8) is 0 Å². The minimum Gasteiger partial charge on any atom is -0.462 e. The largest absolute Gasteiger partial charge is 0.462 e. The zero-order valence-corrected chi connectivity index (χ0v) is 49.0. The summed E-state index contributed by atoms with van der Waals surface area (Å²) in [4.78, 5) is 38.1. The Kier molecular flexibility index (Phi) is 58.9. The van der Waals surface area contributed by atoms with Gasteiger partial charge in [-0.2, -0.15) is 0 Å². The quantitative estimate of drug-likeness (QED) is 0.0261. The Labute approximate surface area is 467 Å². The summed E-state index contributed by atoms with van der Waals surface area (Å²) in [6.07, 6.45) is 89.9. The first-order valence-electron chi connectivity index (χ1n) is 30.8. The highest BCUT2D eigenvalue weighted by Gasteiger charge is 2.19. The lowest BCUT2D eigenvalue weighted by molar-refractivity contribution is -0.167. The van der Waals surface area contributed by atoms with Crippen LogP contribution in [0.15, 0.2) is 146 Å². The molecule has 0 amide bonds. The molecule has 0 aromatic carbocycles. The maximum atomic E-state index is 12.9. The standard InChI is InChI=1S/C70H112O6/c1-4-7-10-13-16-19-22-24-26-28-29-30-31-32-33-34-35-36-37-38-39-40-41-43-44-46-48-51-54-57-60-63-69(72)75-66-67(65-74-68(71)62-59-56-53-50-21-18-15-12-9-6-3)76-70(73)64-61-58-55-52-49-47-45-42-27-25-23-20-17-14-11-8-5-2/h7-8,10-11,16-17,19-20,24-27,29-30,32-33,35-36,38-39,41,43,46,48,67H,4-6,9,12-15,18,21-23,28,31,34,37,40,42,44-45,47,49-66H2,1-3H3/b10-7-,11-8-,19-16-,20-17-,26-24-,27-25-,30-29-,33-32-,36-35-,39-38-,43-41-,48-46-. The molecule has 0 aliphatic rings. The molecule has 0 aliphatic carbocycles. The van der Waals surface area contributed by atoms with E-state index in [4.69, 9.17) is 14.2 Å². The van der Waals surface area contributed by atoms with E-state index in [0.29, 0.717) is 19.3 Å². The molecule has 1 atom stereocenters. The molecule has 0 rings (SSSR count).